The number of aromatic nitrogens is 2. The summed E-state index contributed by atoms with van der Waals surface area (Å²) in [5.41, 5.74) is 4.93. The number of nitrogens with one attached hydrogen (secondary N) is 2. The standard InChI is InChI=1S/C27H24Cl2N6O2/c1-31-33-26(30)15-32-27(36)19-5-3-17(4-6-19)16-35-25(20-9-12-22(28)23(29)13-20)14-24(34-35)18-7-10-21(37-2)11-8-18/h3-14,30H,15-16H2,1-2H3,(H,32,36). The van der Waals surface area contributed by atoms with E-state index >= 15 is 0 Å². The van der Waals surface area contributed by atoms with Crippen LogP contribution in [0.2, 0.25) is 10.0 Å². The first-order valence-corrected chi connectivity index (χ1v) is 12.1. The van der Waals surface area contributed by atoms with Gasteiger partial charge in [0.2, 0.25) is 0 Å². The Morgan fingerprint density at radius 1 is 1.00 bits per heavy atom. The van der Waals surface area contributed by atoms with E-state index in [0.29, 0.717) is 22.2 Å². The van der Waals surface area contributed by atoms with Gasteiger partial charge in [-0.3, -0.25) is 14.9 Å². The summed E-state index contributed by atoms with van der Waals surface area (Å²) in [7, 11) is 3.10. The van der Waals surface area contributed by atoms with Crippen molar-refractivity contribution in [2.45, 2.75) is 6.54 Å². The van der Waals surface area contributed by atoms with Gasteiger partial charge in [-0.15, -0.1) is 5.11 Å². The lowest BCUT2D eigenvalue weighted by Crippen LogP contribution is -2.28. The number of carbonyl (C=O) groups is 1. The van der Waals surface area contributed by atoms with Crippen molar-refractivity contribution >= 4 is 34.9 Å². The van der Waals surface area contributed by atoms with Crippen LogP contribution in [0, 0.1) is 5.41 Å². The first-order chi connectivity index (χ1) is 17.9. The molecule has 3 aromatic carbocycles. The molecule has 0 aliphatic rings. The Balaban J connectivity index is 1.60. The molecule has 0 saturated carbocycles. The normalized spacial score (nSPS) is 11.0. The number of methoxy groups -OCH3 is 1. The fourth-order valence-corrected chi connectivity index (χ4v) is 3.98. The molecule has 1 amide bonds. The van der Waals surface area contributed by atoms with Gasteiger partial charge in [-0.1, -0.05) is 41.4 Å². The SMILES string of the molecule is CN=NC(=N)CNC(=O)c1ccc(Cn2nc(-c3ccc(OC)cc3)cc2-c2ccc(Cl)c(Cl)c2)cc1. The van der Waals surface area contributed by atoms with Gasteiger partial charge in [0.25, 0.3) is 5.91 Å². The molecule has 0 unspecified atom stereocenters. The Bertz CT molecular complexity index is 1450. The number of hydrogen-bond acceptors (Lipinski definition) is 5. The fraction of sp³-hybridized carbons (Fsp3) is 0.148. The molecule has 4 rings (SSSR count). The number of hydrogen-bond donors (Lipinski definition) is 2. The zero-order valence-electron chi connectivity index (χ0n) is 20.2. The van der Waals surface area contributed by atoms with E-state index in [9.17, 15) is 4.79 Å². The average Bonchev–Trinajstić information content (AvgIpc) is 3.33. The highest BCUT2D eigenvalue weighted by atomic mass is 35.5. The van der Waals surface area contributed by atoms with E-state index in [1.807, 2.05) is 59.3 Å². The summed E-state index contributed by atoms with van der Waals surface area (Å²) in [5.74, 6) is 0.456. The first kappa shape index (κ1) is 26.1. The molecule has 0 fully saturated rings. The lowest BCUT2D eigenvalue weighted by molar-refractivity contribution is 0.0959. The molecule has 0 radical (unpaired) electrons. The predicted molar refractivity (Wildman–Crippen MR) is 146 cm³/mol. The smallest absolute Gasteiger partial charge is 0.251 e. The molecule has 1 heterocycles. The minimum Gasteiger partial charge on any atom is -0.497 e. The summed E-state index contributed by atoms with van der Waals surface area (Å²) in [6.07, 6.45) is 0. The highest BCUT2D eigenvalue weighted by Crippen LogP contribution is 2.32. The maximum atomic E-state index is 12.4. The van der Waals surface area contributed by atoms with E-state index in [4.69, 9.17) is 38.4 Å². The lowest BCUT2D eigenvalue weighted by Gasteiger charge is -2.10. The minimum atomic E-state index is -0.292. The first-order valence-electron chi connectivity index (χ1n) is 11.3. The van der Waals surface area contributed by atoms with Crippen LogP contribution in [0.4, 0.5) is 0 Å². The average molecular weight is 535 g/mol. The van der Waals surface area contributed by atoms with Gasteiger partial charge in [0.15, 0.2) is 5.84 Å². The number of rotatable bonds is 8. The van der Waals surface area contributed by atoms with Crippen molar-refractivity contribution in [2.75, 3.05) is 20.7 Å². The molecular weight excluding hydrogens is 511 g/mol. The molecule has 0 aliphatic carbocycles. The van der Waals surface area contributed by atoms with Crippen LogP contribution in [-0.2, 0) is 6.54 Å². The van der Waals surface area contributed by atoms with Crippen LogP contribution < -0.4 is 10.1 Å². The largest absolute Gasteiger partial charge is 0.497 e. The number of azo groups is 1. The van der Waals surface area contributed by atoms with E-state index in [1.54, 1.807) is 25.3 Å². The summed E-state index contributed by atoms with van der Waals surface area (Å²) in [4.78, 5) is 12.4. The summed E-state index contributed by atoms with van der Waals surface area (Å²) >= 11 is 12.4. The maximum Gasteiger partial charge on any atom is 0.251 e. The third-order valence-corrected chi connectivity index (χ3v) is 6.31. The number of amides is 1. The van der Waals surface area contributed by atoms with Gasteiger partial charge in [-0.2, -0.15) is 10.2 Å². The number of halogens is 2. The van der Waals surface area contributed by atoms with Crippen molar-refractivity contribution in [1.29, 1.82) is 5.41 Å². The van der Waals surface area contributed by atoms with Gasteiger partial charge in [0.05, 0.1) is 41.6 Å². The van der Waals surface area contributed by atoms with Crippen LogP contribution in [0.15, 0.2) is 83.0 Å². The second kappa shape index (κ2) is 11.8. The number of benzene rings is 3. The molecule has 0 aliphatic heterocycles. The van der Waals surface area contributed by atoms with Crippen molar-refractivity contribution in [3.63, 3.8) is 0 Å². The number of ether oxygens (including phenoxy) is 1. The third kappa shape index (κ3) is 6.41. The van der Waals surface area contributed by atoms with Crippen molar-refractivity contribution in [2.24, 2.45) is 10.2 Å². The quantitative estimate of drug-likeness (QED) is 0.156. The summed E-state index contributed by atoms with van der Waals surface area (Å²) in [6, 6.07) is 22.4. The van der Waals surface area contributed by atoms with Gasteiger partial charge >= 0.3 is 0 Å². The second-order valence-electron chi connectivity index (χ2n) is 8.06. The van der Waals surface area contributed by atoms with Crippen molar-refractivity contribution < 1.29 is 9.53 Å². The molecule has 0 atom stereocenters. The Kier molecular flexibility index (Phi) is 8.32. The van der Waals surface area contributed by atoms with Gasteiger partial charge in [-0.25, -0.2) is 0 Å². The Labute approximate surface area is 224 Å². The second-order valence-corrected chi connectivity index (χ2v) is 8.87. The highest BCUT2D eigenvalue weighted by molar-refractivity contribution is 6.42. The van der Waals surface area contributed by atoms with Crippen molar-refractivity contribution in [3.05, 3.63) is 94.0 Å². The highest BCUT2D eigenvalue weighted by Gasteiger charge is 2.14. The van der Waals surface area contributed by atoms with E-state index in [1.165, 1.54) is 7.05 Å². The molecule has 1 aromatic heterocycles. The van der Waals surface area contributed by atoms with Crippen molar-refractivity contribution in [3.8, 4) is 28.3 Å². The number of carbonyl (C=O) groups excluding carboxylic acids is 1. The van der Waals surface area contributed by atoms with Gasteiger partial charge in [0.1, 0.15) is 5.75 Å². The Morgan fingerprint density at radius 3 is 2.35 bits per heavy atom. The van der Waals surface area contributed by atoms with Crippen LogP contribution in [0.5, 0.6) is 5.75 Å². The van der Waals surface area contributed by atoms with Crippen LogP contribution in [0.3, 0.4) is 0 Å². The summed E-state index contributed by atoms with van der Waals surface area (Å²) in [5, 5.41) is 23.2. The fourth-order valence-electron chi connectivity index (χ4n) is 3.68. The molecule has 8 nitrogen and oxygen atoms in total. The zero-order valence-corrected chi connectivity index (χ0v) is 21.7. The monoisotopic (exact) mass is 534 g/mol. The molecule has 10 heteroatoms. The van der Waals surface area contributed by atoms with Crippen LogP contribution >= 0.6 is 23.2 Å². The van der Waals surface area contributed by atoms with Crippen LogP contribution in [0.1, 0.15) is 15.9 Å². The molecule has 37 heavy (non-hydrogen) atoms. The topological polar surface area (TPSA) is 105 Å². The number of amidine groups is 1. The van der Waals surface area contributed by atoms with Gasteiger partial charge < -0.3 is 10.1 Å². The van der Waals surface area contributed by atoms with Gasteiger partial charge in [0, 0.05) is 23.7 Å². The van der Waals surface area contributed by atoms with E-state index < -0.39 is 0 Å². The van der Waals surface area contributed by atoms with E-state index in [0.717, 1.165) is 33.8 Å². The molecule has 0 saturated heterocycles. The molecular formula is C27H24Cl2N6O2. The molecule has 0 spiro atoms. The predicted octanol–water partition coefficient (Wildman–Crippen LogP) is 6.37. The van der Waals surface area contributed by atoms with Gasteiger partial charge in [-0.05, 0) is 60.2 Å². The molecule has 188 valence electrons. The van der Waals surface area contributed by atoms with E-state index in [-0.39, 0.29) is 18.3 Å². The lowest BCUT2D eigenvalue weighted by atomic mass is 10.1. The van der Waals surface area contributed by atoms with Crippen LogP contribution in [-0.4, -0.2) is 42.2 Å². The Morgan fingerprint density at radius 2 is 1.70 bits per heavy atom. The summed E-state index contributed by atoms with van der Waals surface area (Å²) < 4.78 is 7.16. The maximum absolute atomic E-state index is 12.4. The van der Waals surface area contributed by atoms with Crippen LogP contribution in [0.25, 0.3) is 22.5 Å². The number of nitrogens with zero attached hydrogens (tertiary/aromatic N) is 4. The molecule has 4 aromatic rings. The third-order valence-electron chi connectivity index (χ3n) is 5.57. The zero-order chi connectivity index (χ0) is 26.4. The van der Waals surface area contributed by atoms with E-state index in [2.05, 4.69) is 15.5 Å². The molecule has 0 bridgehead atoms. The van der Waals surface area contributed by atoms with Crippen molar-refractivity contribution in [1.82, 2.24) is 15.1 Å². The summed E-state index contributed by atoms with van der Waals surface area (Å²) in [6.45, 7) is 0.474. The minimum absolute atomic E-state index is 0.00631. The Hall–Kier alpha value is -4.01. The molecule has 2 N–H and O–H groups in total.